The van der Waals surface area contributed by atoms with Gasteiger partial charge in [-0.05, 0) is 19.3 Å². The lowest BCUT2D eigenvalue weighted by Crippen LogP contribution is -2.51. The van der Waals surface area contributed by atoms with Gasteiger partial charge in [-0.3, -0.25) is 9.89 Å². The minimum atomic E-state index is -0.512. The lowest BCUT2D eigenvalue weighted by atomic mass is 9.80. The molecule has 1 aliphatic carbocycles. The summed E-state index contributed by atoms with van der Waals surface area (Å²) in [6.07, 6.45) is 2.91. The molecule has 1 saturated heterocycles. The number of guanidine groups is 1. The molecule has 6 nitrogen and oxygen atoms in total. The van der Waals surface area contributed by atoms with Crippen molar-refractivity contribution < 1.29 is 9.84 Å². The number of hydrogen-bond acceptors (Lipinski definition) is 4. The molecule has 0 spiro atoms. The molecule has 1 aliphatic heterocycles. The maximum atomic E-state index is 10.0. The van der Waals surface area contributed by atoms with Gasteiger partial charge in [-0.25, -0.2) is 0 Å². The van der Waals surface area contributed by atoms with E-state index in [1.165, 1.54) is 0 Å². The molecule has 6 heteroatoms. The number of ether oxygens (including phenoxy) is 1. The van der Waals surface area contributed by atoms with Gasteiger partial charge in [0.1, 0.15) is 0 Å². The minimum Gasteiger partial charge on any atom is -0.388 e. The molecule has 3 N–H and O–H groups in total. The highest BCUT2D eigenvalue weighted by molar-refractivity contribution is 5.79. The van der Waals surface area contributed by atoms with Crippen molar-refractivity contribution in [2.75, 3.05) is 53.0 Å². The topological polar surface area (TPSA) is 69.1 Å². The van der Waals surface area contributed by atoms with Gasteiger partial charge in [0.25, 0.3) is 0 Å². The van der Waals surface area contributed by atoms with Crippen LogP contribution in [0.2, 0.25) is 0 Å². The van der Waals surface area contributed by atoms with Crippen LogP contribution in [-0.2, 0) is 4.74 Å². The Morgan fingerprint density at radius 2 is 2.05 bits per heavy atom. The second-order valence-corrected chi connectivity index (χ2v) is 5.38. The Labute approximate surface area is 115 Å². The molecule has 0 unspecified atom stereocenters. The molecule has 0 aromatic heterocycles. The first-order valence-corrected chi connectivity index (χ1v) is 7.19. The number of nitrogens with one attached hydrogen (secondary N) is 2. The number of aliphatic hydroxyl groups is 1. The maximum absolute atomic E-state index is 10.0. The SMILES string of the molecule is CN=C(NCCN1CCOCC1)NCC1(O)CCC1. The monoisotopic (exact) mass is 270 g/mol. The van der Waals surface area contributed by atoms with Gasteiger partial charge >= 0.3 is 0 Å². The van der Waals surface area contributed by atoms with E-state index in [0.29, 0.717) is 6.54 Å². The molecule has 1 heterocycles. The minimum absolute atomic E-state index is 0.512. The molecular formula is C13H26N4O2. The van der Waals surface area contributed by atoms with Crippen molar-refractivity contribution in [3.8, 4) is 0 Å². The molecule has 2 aliphatic rings. The van der Waals surface area contributed by atoms with Gasteiger partial charge in [-0.15, -0.1) is 0 Å². The van der Waals surface area contributed by atoms with Crippen LogP contribution in [0.5, 0.6) is 0 Å². The molecule has 19 heavy (non-hydrogen) atoms. The van der Waals surface area contributed by atoms with Crippen LogP contribution in [0.15, 0.2) is 4.99 Å². The Hall–Kier alpha value is -0.850. The number of morpholine rings is 1. The quantitative estimate of drug-likeness (QED) is 0.460. The molecule has 0 bridgehead atoms. The van der Waals surface area contributed by atoms with Gasteiger partial charge < -0.3 is 20.5 Å². The van der Waals surface area contributed by atoms with E-state index < -0.39 is 5.60 Å². The van der Waals surface area contributed by atoms with E-state index in [0.717, 1.165) is 64.6 Å². The summed E-state index contributed by atoms with van der Waals surface area (Å²) in [6.45, 7) is 6.12. The second-order valence-electron chi connectivity index (χ2n) is 5.38. The Kier molecular flexibility index (Phi) is 5.42. The number of aliphatic imine (C=N–C) groups is 1. The second kappa shape index (κ2) is 7.07. The van der Waals surface area contributed by atoms with Crippen LogP contribution in [0, 0.1) is 0 Å². The number of nitrogens with zero attached hydrogens (tertiary/aromatic N) is 2. The first-order valence-electron chi connectivity index (χ1n) is 7.19. The molecule has 0 aromatic carbocycles. The summed E-state index contributed by atoms with van der Waals surface area (Å²) in [6, 6.07) is 0. The van der Waals surface area contributed by atoms with Crippen LogP contribution in [-0.4, -0.2) is 74.6 Å². The van der Waals surface area contributed by atoms with Crippen LogP contribution < -0.4 is 10.6 Å². The first kappa shape index (κ1) is 14.6. The van der Waals surface area contributed by atoms with Crippen LogP contribution in [0.1, 0.15) is 19.3 Å². The molecule has 0 aromatic rings. The Morgan fingerprint density at radius 3 is 2.63 bits per heavy atom. The summed E-state index contributed by atoms with van der Waals surface area (Å²) >= 11 is 0. The molecule has 110 valence electrons. The summed E-state index contributed by atoms with van der Waals surface area (Å²) < 4.78 is 5.32. The zero-order valence-corrected chi connectivity index (χ0v) is 11.8. The summed E-state index contributed by atoms with van der Waals surface area (Å²) in [5.74, 6) is 0.772. The third kappa shape index (κ3) is 4.63. The van der Waals surface area contributed by atoms with E-state index in [9.17, 15) is 5.11 Å². The molecule has 0 radical (unpaired) electrons. The predicted molar refractivity (Wildman–Crippen MR) is 75.4 cm³/mol. The van der Waals surface area contributed by atoms with E-state index in [1.54, 1.807) is 7.05 Å². The van der Waals surface area contributed by atoms with E-state index in [1.807, 2.05) is 0 Å². The Balaban J connectivity index is 1.59. The largest absolute Gasteiger partial charge is 0.388 e. The van der Waals surface area contributed by atoms with Crippen LogP contribution in [0.4, 0.5) is 0 Å². The molecule has 2 fully saturated rings. The zero-order valence-electron chi connectivity index (χ0n) is 11.8. The fraction of sp³-hybridized carbons (Fsp3) is 0.923. The highest BCUT2D eigenvalue weighted by atomic mass is 16.5. The lowest BCUT2D eigenvalue weighted by Gasteiger charge is -2.37. The van der Waals surface area contributed by atoms with Crippen molar-refractivity contribution in [3.05, 3.63) is 0 Å². The van der Waals surface area contributed by atoms with E-state index in [4.69, 9.17) is 4.74 Å². The molecule has 0 atom stereocenters. The number of hydrogen-bond donors (Lipinski definition) is 3. The van der Waals surface area contributed by atoms with Crippen molar-refractivity contribution in [1.29, 1.82) is 0 Å². The highest BCUT2D eigenvalue weighted by Crippen LogP contribution is 2.30. The fourth-order valence-electron chi connectivity index (χ4n) is 2.39. The van der Waals surface area contributed by atoms with Gasteiger partial charge in [-0.1, -0.05) is 0 Å². The Bertz CT molecular complexity index is 299. The first-order chi connectivity index (χ1) is 9.22. The van der Waals surface area contributed by atoms with Gasteiger partial charge in [0.15, 0.2) is 5.96 Å². The highest BCUT2D eigenvalue weighted by Gasteiger charge is 2.34. The normalized spacial score (nSPS) is 23.8. The molecular weight excluding hydrogens is 244 g/mol. The summed E-state index contributed by atoms with van der Waals surface area (Å²) in [5, 5.41) is 16.5. The van der Waals surface area contributed by atoms with Crippen molar-refractivity contribution in [3.63, 3.8) is 0 Å². The van der Waals surface area contributed by atoms with Crippen LogP contribution >= 0.6 is 0 Å². The van der Waals surface area contributed by atoms with E-state index in [-0.39, 0.29) is 0 Å². The maximum Gasteiger partial charge on any atom is 0.191 e. The summed E-state index contributed by atoms with van der Waals surface area (Å²) in [7, 11) is 1.76. The van der Waals surface area contributed by atoms with Crippen LogP contribution in [0.25, 0.3) is 0 Å². The van der Waals surface area contributed by atoms with Gasteiger partial charge in [0.05, 0.1) is 18.8 Å². The fourth-order valence-corrected chi connectivity index (χ4v) is 2.39. The van der Waals surface area contributed by atoms with E-state index in [2.05, 4.69) is 20.5 Å². The molecule has 0 amide bonds. The smallest absolute Gasteiger partial charge is 0.191 e. The zero-order chi connectivity index (χ0) is 13.6. The standard InChI is InChI=1S/C13H26N4O2/c1-14-12(16-11-13(18)3-2-4-13)15-5-6-17-7-9-19-10-8-17/h18H,2-11H2,1H3,(H2,14,15,16). The summed E-state index contributed by atoms with van der Waals surface area (Å²) in [4.78, 5) is 6.55. The van der Waals surface area contributed by atoms with Crippen molar-refractivity contribution in [2.45, 2.75) is 24.9 Å². The summed E-state index contributed by atoms with van der Waals surface area (Å²) in [5.41, 5.74) is -0.512. The lowest BCUT2D eigenvalue weighted by molar-refractivity contribution is -0.0279. The number of rotatable bonds is 5. The van der Waals surface area contributed by atoms with Gasteiger partial charge in [-0.2, -0.15) is 0 Å². The van der Waals surface area contributed by atoms with Crippen LogP contribution in [0.3, 0.4) is 0 Å². The molecule has 1 saturated carbocycles. The van der Waals surface area contributed by atoms with Crippen molar-refractivity contribution >= 4 is 5.96 Å². The van der Waals surface area contributed by atoms with E-state index >= 15 is 0 Å². The van der Waals surface area contributed by atoms with Gasteiger partial charge in [0, 0.05) is 39.8 Å². The average molecular weight is 270 g/mol. The predicted octanol–water partition coefficient (Wildman–Crippen LogP) is -0.601. The third-order valence-corrected chi connectivity index (χ3v) is 3.92. The average Bonchev–Trinajstić information content (AvgIpc) is 2.41. The van der Waals surface area contributed by atoms with Crippen molar-refractivity contribution in [2.24, 2.45) is 4.99 Å². The molecule has 2 rings (SSSR count). The third-order valence-electron chi connectivity index (χ3n) is 3.92. The van der Waals surface area contributed by atoms with Crippen molar-refractivity contribution in [1.82, 2.24) is 15.5 Å². The van der Waals surface area contributed by atoms with Gasteiger partial charge in [0.2, 0.25) is 0 Å². The Morgan fingerprint density at radius 1 is 1.32 bits per heavy atom.